The molecule has 2 rings (SSSR count). The van der Waals surface area contributed by atoms with Crippen LogP contribution in [0.15, 0.2) is 18.2 Å². The van der Waals surface area contributed by atoms with Crippen LogP contribution < -0.4 is 15.2 Å². The molecule has 2 atom stereocenters. The van der Waals surface area contributed by atoms with Crippen molar-refractivity contribution in [3.8, 4) is 11.5 Å². The van der Waals surface area contributed by atoms with E-state index in [2.05, 4.69) is 0 Å². The van der Waals surface area contributed by atoms with Crippen molar-refractivity contribution in [3.63, 3.8) is 0 Å². The molecule has 1 aliphatic rings. The summed E-state index contributed by atoms with van der Waals surface area (Å²) in [6.45, 7) is 1.27. The molecular weight excluding hydrogens is 276 g/mol. The number of benzene rings is 1. The second-order valence-corrected chi connectivity index (χ2v) is 4.85. The van der Waals surface area contributed by atoms with E-state index < -0.39 is 24.6 Å². The number of carbonyl (C=O) groups is 2. The van der Waals surface area contributed by atoms with E-state index in [4.69, 9.17) is 20.3 Å². The molecule has 0 aliphatic carbocycles. The third-order valence-electron chi connectivity index (χ3n) is 3.48. The van der Waals surface area contributed by atoms with E-state index in [0.717, 1.165) is 0 Å². The Morgan fingerprint density at radius 3 is 2.71 bits per heavy atom. The zero-order valence-electron chi connectivity index (χ0n) is 11.9. The van der Waals surface area contributed by atoms with Crippen molar-refractivity contribution in [2.45, 2.75) is 19.0 Å². The number of hydrogen-bond acceptors (Lipinski definition) is 6. The molecule has 0 saturated carbocycles. The predicted molar refractivity (Wildman–Crippen MR) is 74.2 cm³/mol. The van der Waals surface area contributed by atoms with Crippen molar-refractivity contribution in [2.24, 2.45) is 5.73 Å². The number of likely N-dealkylation sites (N-methyl/N-ethyl adjacent to an activating group) is 1. The maximum absolute atomic E-state index is 12.4. The molecule has 7 nitrogen and oxygen atoms in total. The molecule has 114 valence electrons. The number of aliphatic hydroxyl groups excluding tert-OH is 1. The van der Waals surface area contributed by atoms with Gasteiger partial charge in [-0.25, -0.2) is 0 Å². The number of rotatable bonds is 5. The highest BCUT2D eigenvalue weighted by Crippen LogP contribution is 2.32. The monoisotopic (exact) mass is 294 g/mol. The Morgan fingerprint density at radius 1 is 1.38 bits per heavy atom. The second kappa shape index (κ2) is 6.11. The van der Waals surface area contributed by atoms with Crippen molar-refractivity contribution in [2.75, 3.05) is 20.4 Å². The van der Waals surface area contributed by atoms with Gasteiger partial charge in [0.25, 0.3) is 0 Å². The van der Waals surface area contributed by atoms with Crippen LogP contribution in [0.25, 0.3) is 0 Å². The number of fused-ring (bicyclic) bond motifs is 1. The van der Waals surface area contributed by atoms with Crippen molar-refractivity contribution in [1.29, 1.82) is 0 Å². The number of ether oxygens (including phenoxy) is 2. The number of nitrogens with two attached hydrogens (primary N) is 1. The Labute approximate surface area is 122 Å². The van der Waals surface area contributed by atoms with Gasteiger partial charge in [-0.2, -0.15) is 0 Å². The maximum atomic E-state index is 12.4. The first kappa shape index (κ1) is 15.3. The first-order chi connectivity index (χ1) is 9.95. The summed E-state index contributed by atoms with van der Waals surface area (Å²) in [7, 11) is 1.48. The molecule has 1 heterocycles. The van der Waals surface area contributed by atoms with Gasteiger partial charge in [-0.3, -0.25) is 9.59 Å². The van der Waals surface area contributed by atoms with Crippen molar-refractivity contribution in [1.82, 2.24) is 4.90 Å². The van der Waals surface area contributed by atoms with Gasteiger partial charge in [-0.1, -0.05) is 0 Å². The Morgan fingerprint density at radius 2 is 2.05 bits per heavy atom. The van der Waals surface area contributed by atoms with E-state index in [1.165, 1.54) is 11.9 Å². The van der Waals surface area contributed by atoms with Gasteiger partial charge in [-0.15, -0.1) is 0 Å². The smallest absolute Gasteiger partial charge is 0.242 e. The summed E-state index contributed by atoms with van der Waals surface area (Å²) in [5, 5.41) is 8.91. The SMILES string of the molecule is C[C@H](C(=O)c1ccc2c(c1)OCO2)N(C)C(=O)[C@@H](N)CO. The summed E-state index contributed by atoms with van der Waals surface area (Å²) >= 11 is 0. The summed E-state index contributed by atoms with van der Waals surface area (Å²) in [4.78, 5) is 25.5. The molecule has 0 saturated heterocycles. The summed E-state index contributed by atoms with van der Waals surface area (Å²) in [5.41, 5.74) is 5.90. The fraction of sp³-hybridized carbons (Fsp3) is 0.429. The van der Waals surface area contributed by atoms with Gasteiger partial charge < -0.3 is 25.2 Å². The highest BCUT2D eigenvalue weighted by molar-refractivity contribution is 6.02. The molecule has 0 spiro atoms. The number of Topliss-reactive ketones (excluding diaryl/α,β-unsaturated/α-hetero) is 1. The molecule has 0 radical (unpaired) electrons. The third kappa shape index (κ3) is 2.98. The molecular formula is C14H18N2O5. The van der Waals surface area contributed by atoms with Crippen molar-refractivity contribution in [3.05, 3.63) is 23.8 Å². The third-order valence-corrected chi connectivity index (χ3v) is 3.48. The molecule has 1 aromatic carbocycles. The molecule has 0 aromatic heterocycles. The summed E-state index contributed by atoms with van der Waals surface area (Å²) < 4.78 is 10.4. The lowest BCUT2D eigenvalue weighted by molar-refractivity contribution is -0.133. The minimum absolute atomic E-state index is 0.131. The van der Waals surface area contributed by atoms with Gasteiger partial charge in [0.1, 0.15) is 6.04 Å². The van der Waals surface area contributed by atoms with Gasteiger partial charge in [0.2, 0.25) is 12.7 Å². The zero-order chi connectivity index (χ0) is 15.6. The Bertz CT molecular complexity index is 560. The van der Waals surface area contributed by atoms with E-state index in [9.17, 15) is 9.59 Å². The molecule has 0 bridgehead atoms. The first-order valence-electron chi connectivity index (χ1n) is 6.52. The zero-order valence-corrected chi connectivity index (χ0v) is 11.9. The normalized spacial score (nSPS) is 15.4. The number of ketones is 1. The Kier molecular flexibility index (Phi) is 4.44. The highest BCUT2D eigenvalue weighted by atomic mass is 16.7. The Balaban J connectivity index is 2.14. The predicted octanol–water partition coefficient (Wildman–Crippen LogP) is -0.235. The van der Waals surface area contributed by atoms with Gasteiger partial charge in [0, 0.05) is 12.6 Å². The molecule has 3 N–H and O–H groups in total. The molecule has 1 amide bonds. The quantitative estimate of drug-likeness (QED) is 0.727. The number of amides is 1. The van der Waals surface area contributed by atoms with E-state index in [1.54, 1.807) is 25.1 Å². The Hall–Kier alpha value is -2.12. The van der Waals surface area contributed by atoms with E-state index >= 15 is 0 Å². The van der Waals surface area contributed by atoms with Crippen LogP contribution in [0.4, 0.5) is 0 Å². The summed E-state index contributed by atoms with van der Waals surface area (Å²) in [6.07, 6.45) is 0. The number of hydrogen-bond donors (Lipinski definition) is 2. The number of aliphatic hydroxyl groups is 1. The van der Waals surface area contributed by atoms with Gasteiger partial charge in [0.05, 0.1) is 12.6 Å². The van der Waals surface area contributed by atoms with E-state index in [-0.39, 0.29) is 12.6 Å². The molecule has 1 aliphatic heterocycles. The summed E-state index contributed by atoms with van der Waals surface area (Å²) in [6, 6.07) is 3.14. The lowest BCUT2D eigenvalue weighted by Gasteiger charge is -2.26. The summed E-state index contributed by atoms with van der Waals surface area (Å²) in [5.74, 6) is 0.369. The van der Waals surface area contributed by atoms with Crippen LogP contribution in [0.1, 0.15) is 17.3 Å². The number of nitrogens with zero attached hydrogens (tertiary/aromatic N) is 1. The van der Waals surface area contributed by atoms with Crippen LogP contribution in [0.2, 0.25) is 0 Å². The molecule has 21 heavy (non-hydrogen) atoms. The van der Waals surface area contributed by atoms with Gasteiger partial charge in [-0.05, 0) is 25.1 Å². The average molecular weight is 294 g/mol. The van der Waals surface area contributed by atoms with E-state index in [0.29, 0.717) is 17.1 Å². The fourth-order valence-electron chi connectivity index (χ4n) is 2.00. The van der Waals surface area contributed by atoms with Crippen LogP contribution in [0.5, 0.6) is 11.5 Å². The van der Waals surface area contributed by atoms with Crippen LogP contribution in [-0.4, -0.2) is 54.2 Å². The molecule has 7 heteroatoms. The van der Waals surface area contributed by atoms with Gasteiger partial charge in [0.15, 0.2) is 17.3 Å². The topological polar surface area (TPSA) is 102 Å². The van der Waals surface area contributed by atoms with Crippen LogP contribution in [0, 0.1) is 0 Å². The standard InChI is InChI=1S/C14H18N2O5/c1-8(16(2)14(19)10(15)6-17)13(18)9-3-4-11-12(5-9)21-7-20-11/h3-5,8,10,17H,6-7,15H2,1-2H3/t8-,10+/m1/s1. The van der Waals surface area contributed by atoms with E-state index in [1.807, 2.05) is 0 Å². The van der Waals surface area contributed by atoms with Crippen LogP contribution in [-0.2, 0) is 4.79 Å². The van der Waals surface area contributed by atoms with Crippen molar-refractivity contribution < 1.29 is 24.2 Å². The highest BCUT2D eigenvalue weighted by Gasteiger charge is 2.27. The first-order valence-corrected chi connectivity index (χ1v) is 6.52. The molecule has 1 aromatic rings. The molecule has 0 unspecified atom stereocenters. The van der Waals surface area contributed by atoms with Crippen LogP contribution >= 0.6 is 0 Å². The maximum Gasteiger partial charge on any atom is 0.242 e. The van der Waals surface area contributed by atoms with Gasteiger partial charge >= 0.3 is 0 Å². The lowest BCUT2D eigenvalue weighted by Crippen LogP contribution is -2.49. The van der Waals surface area contributed by atoms with Crippen LogP contribution in [0.3, 0.4) is 0 Å². The number of carbonyl (C=O) groups excluding carboxylic acids is 2. The minimum atomic E-state index is -1.03. The largest absolute Gasteiger partial charge is 0.454 e. The minimum Gasteiger partial charge on any atom is -0.454 e. The fourth-order valence-corrected chi connectivity index (χ4v) is 2.00. The lowest BCUT2D eigenvalue weighted by atomic mass is 10.0. The molecule has 0 fully saturated rings. The second-order valence-electron chi connectivity index (χ2n) is 4.85. The van der Waals surface area contributed by atoms with Crippen molar-refractivity contribution >= 4 is 11.7 Å². The average Bonchev–Trinajstić information content (AvgIpc) is 2.98.